The van der Waals surface area contributed by atoms with E-state index in [1.165, 1.54) is 6.07 Å². The maximum absolute atomic E-state index is 11.3. The highest BCUT2D eigenvalue weighted by atomic mass is 16.5. The lowest BCUT2D eigenvalue weighted by Crippen LogP contribution is -2.07. The van der Waals surface area contributed by atoms with E-state index in [9.17, 15) is 9.90 Å². The molecule has 5 nitrogen and oxygen atoms in total. The maximum Gasteiger partial charge on any atom is 0.312 e. The second kappa shape index (κ2) is 4.22. The van der Waals surface area contributed by atoms with Crippen LogP contribution in [0.2, 0.25) is 0 Å². The first-order chi connectivity index (χ1) is 7.72. The predicted molar refractivity (Wildman–Crippen MR) is 56.0 cm³/mol. The first-order valence-electron chi connectivity index (χ1n) is 4.94. The number of ether oxygens (including phenoxy) is 1. The third-order valence-electron chi connectivity index (χ3n) is 2.16. The summed E-state index contributed by atoms with van der Waals surface area (Å²) < 4.78 is 9.79. The number of nitrogens with zero attached hydrogens (tertiary/aromatic N) is 1. The standard InChI is InChI=1S/C11H11NO4/c1-2-15-10(14)6-7-11-8(13)4-3-5-9(11)16-12-7/h3-5,13H,2,6H2,1H3. The van der Waals surface area contributed by atoms with Gasteiger partial charge in [0.15, 0.2) is 5.58 Å². The molecule has 0 fully saturated rings. The molecule has 0 atom stereocenters. The number of aromatic hydroxyl groups is 1. The minimum absolute atomic E-state index is 0.00157. The Hall–Kier alpha value is -2.04. The molecule has 0 radical (unpaired) electrons. The smallest absolute Gasteiger partial charge is 0.312 e. The van der Waals surface area contributed by atoms with Crippen LogP contribution in [0, 0.1) is 0 Å². The molecule has 0 saturated carbocycles. The monoisotopic (exact) mass is 221 g/mol. The van der Waals surface area contributed by atoms with Crippen molar-refractivity contribution in [3.63, 3.8) is 0 Å². The Kier molecular flexibility index (Phi) is 2.76. The second-order valence-electron chi connectivity index (χ2n) is 3.26. The van der Waals surface area contributed by atoms with E-state index in [4.69, 9.17) is 9.26 Å². The van der Waals surface area contributed by atoms with Crippen molar-refractivity contribution in [1.29, 1.82) is 0 Å². The summed E-state index contributed by atoms with van der Waals surface area (Å²) in [7, 11) is 0. The van der Waals surface area contributed by atoms with Crippen molar-refractivity contribution in [1.82, 2.24) is 5.16 Å². The van der Waals surface area contributed by atoms with Gasteiger partial charge < -0.3 is 14.4 Å². The van der Waals surface area contributed by atoms with Gasteiger partial charge in [-0.25, -0.2) is 0 Å². The van der Waals surface area contributed by atoms with Gasteiger partial charge in [0.05, 0.1) is 18.4 Å². The Bertz CT molecular complexity index is 518. The summed E-state index contributed by atoms with van der Waals surface area (Å²) in [6.07, 6.45) is -0.00157. The molecule has 0 unspecified atom stereocenters. The molecular formula is C11H11NO4. The van der Waals surface area contributed by atoms with Gasteiger partial charge in [-0.2, -0.15) is 0 Å². The topological polar surface area (TPSA) is 72.6 Å². The summed E-state index contributed by atoms with van der Waals surface area (Å²) in [4.78, 5) is 11.3. The summed E-state index contributed by atoms with van der Waals surface area (Å²) in [5.74, 6) is -0.334. The van der Waals surface area contributed by atoms with Gasteiger partial charge in [0.25, 0.3) is 0 Å². The van der Waals surface area contributed by atoms with E-state index in [-0.39, 0.29) is 18.1 Å². The van der Waals surface area contributed by atoms with E-state index in [1.807, 2.05) is 0 Å². The maximum atomic E-state index is 11.3. The molecule has 0 aliphatic carbocycles. The summed E-state index contributed by atoms with van der Waals surface area (Å²) in [6.45, 7) is 2.05. The van der Waals surface area contributed by atoms with Crippen molar-refractivity contribution in [3.05, 3.63) is 23.9 Å². The van der Waals surface area contributed by atoms with Gasteiger partial charge in [0.2, 0.25) is 0 Å². The number of fused-ring (bicyclic) bond motifs is 1. The third-order valence-corrected chi connectivity index (χ3v) is 2.16. The van der Waals surface area contributed by atoms with Crippen LogP contribution in [-0.2, 0) is 16.0 Å². The quantitative estimate of drug-likeness (QED) is 0.797. The van der Waals surface area contributed by atoms with Crippen molar-refractivity contribution in [2.75, 3.05) is 6.61 Å². The molecule has 0 saturated heterocycles. The SMILES string of the molecule is CCOC(=O)Cc1noc2cccc(O)c12. The minimum atomic E-state index is -0.388. The van der Waals surface area contributed by atoms with Crippen LogP contribution < -0.4 is 0 Å². The van der Waals surface area contributed by atoms with E-state index in [1.54, 1.807) is 19.1 Å². The number of hydrogen-bond acceptors (Lipinski definition) is 5. The summed E-state index contributed by atoms with van der Waals surface area (Å²) >= 11 is 0. The number of carbonyl (C=O) groups excluding carboxylic acids is 1. The fourth-order valence-corrected chi connectivity index (χ4v) is 1.50. The Morgan fingerprint density at radius 1 is 1.56 bits per heavy atom. The highest BCUT2D eigenvalue weighted by molar-refractivity contribution is 5.88. The molecule has 5 heteroatoms. The third kappa shape index (κ3) is 1.84. The van der Waals surface area contributed by atoms with E-state index in [2.05, 4.69) is 5.16 Å². The zero-order valence-corrected chi connectivity index (χ0v) is 8.77. The van der Waals surface area contributed by atoms with Gasteiger partial charge in [0, 0.05) is 0 Å². The molecule has 1 heterocycles. The van der Waals surface area contributed by atoms with Gasteiger partial charge in [-0.3, -0.25) is 4.79 Å². The van der Waals surface area contributed by atoms with E-state index in [0.29, 0.717) is 23.3 Å². The number of rotatable bonds is 3. The molecule has 0 amide bonds. The van der Waals surface area contributed by atoms with Crippen LogP contribution in [0.15, 0.2) is 22.7 Å². The van der Waals surface area contributed by atoms with Crippen molar-refractivity contribution in [2.45, 2.75) is 13.3 Å². The van der Waals surface area contributed by atoms with Gasteiger partial charge in [-0.15, -0.1) is 0 Å². The Morgan fingerprint density at radius 3 is 3.12 bits per heavy atom. The average Bonchev–Trinajstić information content (AvgIpc) is 2.63. The van der Waals surface area contributed by atoms with Gasteiger partial charge in [-0.1, -0.05) is 11.2 Å². The number of esters is 1. The van der Waals surface area contributed by atoms with E-state index >= 15 is 0 Å². The van der Waals surface area contributed by atoms with Crippen LogP contribution >= 0.6 is 0 Å². The number of aromatic nitrogens is 1. The highest BCUT2D eigenvalue weighted by Crippen LogP contribution is 2.27. The molecule has 0 aliphatic rings. The van der Waals surface area contributed by atoms with Crippen molar-refractivity contribution >= 4 is 16.9 Å². The fourth-order valence-electron chi connectivity index (χ4n) is 1.50. The highest BCUT2D eigenvalue weighted by Gasteiger charge is 2.15. The molecule has 2 rings (SSSR count). The number of benzene rings is 1. The van der Waals surface area contributed by atoms with Crippen LogP contribution in [0.4, 0.5) is 0 Å². The van der Waals surface area contributed by atoms with Gasteiger partial charge >= 0.3 is 5.97 Å². The molecule has 16 heavy (non-hydrogen) atoms. The fraction of sp³-hybridized carbons (Fsp3) is 0.273. The first kappa shape index (κ1) is 10.5. The largest absolute Gasteiger partial charge is 0.507 e. The zero-order valence-electron chi connectivity index (χ0n) is 8.77. The van der Waals surface area contributed by atoms with Gasteiger partial charge in [0.1, 0.15) is 11.4 Å². The molecule has 1 aromatic heterocycles. The van der Waals surface area contributed by atoms with Crippen LogP contribution in [-0.4, -0.2) is 22.8 Å². The predicted octanol–water partition coefficient (Wildman–Crippen LogP) is 1.64. The molecule has 1 aromatic carbocycles. The number of carbonyl (C=O) groups is 1. The zero-order chi connectivity index (χ0) is 11.5. The second-order valence-corrected chi connectivity index (χ2v) is 3.26. The van der Waals surface area contributed by atoms with Gasteiger partial charge in [-0.05, 0) is 19.1 Å². The van der Waals surface area contributed by atoms with E-state index in [0.717, 1.165) is 0 Å². The lowest BCUT2D eigenvalue weighted by Gasteiger charge is -1.99. The summed E-state index contributed by atoms with van der Waals surface area (Å²) in [5, 5.41) is 13.8. The molecule has 0 spiro atoms. The molecule has 0 aliphatic heterocycles. The summed E-state index contributed by atoms with van der Waals surface area (Å²) in [5.41, 5.74) is 0.853. The van der Waals surface area contributed by atoms with E-state index < -0.39 is 0 Å². The van der Waals surface area contributed by atoms with Crippen molar-refractivity contribution < 1.29 is 19.2 Å². The molecule has 1 N–H and O–H groups in total. The number of hydrogen-bond donors (Lipinski definition) is 1. The molecule has 2 aromatic rings. The number of phenols is 1. The molecule has 84 valence electrons. The minimum Gasteiger partial charge on any atom is -0.507 e. The van der Waals surface area contributed by atoms with Crippen molar-refractivity contribution in [3.8, 4) is 5.75 Å². The molecular weight excluding hydrogens is 210 g/mol. The lowest BCUT2D eigenvalue weighted by atomic mass is 10.1. The van der Waals surface area contributed by atoms with Crippen LogP contribution in [0.3, 0.4) is 0 Å². The Labute approximate surface area is 91.6 Å². The molecule has 0 bridgehead atoms. The van der Waals surface area contributed by atoms with Crippen molar-refractivity contribution in [2.24, 2.45) is 0 Å². The first-order valence-corrected chi connectivity index (χ1v) is 4.94. The average molecular weight is 221 g/mol. The summed E-state index contributed by atoms with van der Waals surface area (Å²) in [6, 6.07) is 4.85. The van der Waals surface area contributed by atoms with Crippen LogP contribution in [0.5, 0.6) is 5.75 Å². The lowest BCUT2D eigenvalue weighted by molar-refractivity contribution is -0.142. The van der Waals surface area contributed by atoms with Crippen LogP contribution in [0.1, 0.15) is 12.6 Å². The Balaban J connectivity index is 2.34. The normalized spacial score (nSPS) is 10.6. The number of phenolic OH excluding ortho intramolecular Hbond substituents is 1. The Morgan fingerprint density at radius 2 is 2.38 bits per heavy atom. The van der Waals surface area contributed by atoms with Crippen LogP contribution in [0.25, 0.3) is 11.0 Å².